The number of halogens is 2. The summed E-state index contributed by atoms with van der Waals surface area (Å²) in [7, 11) is 2.73. The third kappa shape index (κ3) is 4.39. The number of rotatable bonds is 5. The number of hydrogen-bond donors (Lipinski definition) is 0. The number of ether oxygens (including phenoxy) is 3. The van der Waals surface area contributed by atoms with Gasteiger partial charge in [0.15, 0.2) is 5.82 Å². The first-order valence-corrected chi connectivity index (χ1v) is 8.75. The van der Waals surface area contributed by atoms with E-state index in [0.29, 0.717) is 43.4 Å². The van der Waals surface area contributed by atoms with Crippen LogP contribution in [0.5, 0.6) is 11.6 Å². The van der Waals surface area contributed by atoms with Crippen molar-refractivity contribution in [3.05, 3.63) is 40.9 Å². The molecule has 0 radical (unpaired) electrons. The number of carbonyl (C=O) groups excluding carboxylic acids is 1. The maximum absolute atomic E-state index is 14.1. The van der Waals surface area contributed by atoms with Crippen LogP contribution in [0.4, 0.5) is 10.2 Å². The first-order chi connectivity index (χ1) is 13.0. The van der Waals surface area contributed by atoms with E-state index < -0.39 is 11.9 Å². The van der Waals surface area contributed by atoms with Crippen LogP contribution in [0.1, 0.15) is 23.2 Å². The number of carbonyl (C=O) groups is 1. The summed E-state index contributed by atoms with van der Waals surface area (Å²) in [6.45, 7) is 1.19. The predicted molar refractivity (Wildman–Crippen MR) is 97.2 cm³/mol. The molecule has 1 aliphatic rings. The molecule has 1 saturated heterocycles. The van der Waals surface area contributed by atoms with Crippen molar-refractivity contribution in [2.75, 3.05) is 32.2 Å². The summed E-state index contributed by atoms with van der Waals surface area (Å²) >= 11 is 6.20. The molecule has 3 heterocycles. The molecule has 2 aromatic rings. The second-order valence-corrected chi connectivity index (χ2v) is 6.37. The quantitative estimate of drug-likeness (QED) is 0.568. The summed E-state index contributed by atoms with van der Waals surface area (Å²) in [6.07, 6.45) is 3.05. The molecule has 144 valence electrons. The van der Waals surface area contributed by atoms with Gasteiger partial charge in [0.1, 0.15) is 17.4 Å². The van der Waals surface area contributed by atoms with Crippen molar-refractivity contribution in [3.8, 4) is 11.6 Å². The molecule has 0 aromatic carbocycles. The van der Waals surface area contributed by atoms with E-state index in [9.17, 15) is 9.18 Å². The van der Waals surface area contributed by atoms with Crippen LogP contribution in [-0.2, 0) is 4.74 Å². The Bertz CT molecular complexity index is 811. The van der Waals surface area contributed by atoms with Gasteiger partial charge in [-0.15, -0.1) is 0 Å². The van der Waals surface area contributed by atoms with Crippen molar-refractivity contribution in [2.24, 2.45) is 0 Å². The molecule has 1 aliphatic heterocycles. The molecule has 0 unspecified atom stereocenters. The van der Waals surface area contributed by atoms with Gasteiger partial charge >= 0.3 is 5.97 Å². The molecule has 0 bridgehead atoms. The highest BCUT2D eigenvalue weighted by atomic mass is 35.5. The topological polar surface area (TPSA) is 73.8 Å². The van der Waals surface area contributed by atoms with Crippen molar-refractivity contribution in [1.82, 2.24) is 9.97 Å². The second kappa shape index (κ2) is 8.39. The molecular weight excluding hydrogens is 377 g/mol. The van der Waals surface area contributed by atoms with Crippen LogP contribution in [0.15, 0.2) is 24.4 Å². The molecule has 0 atom stereocenters. The van der Waals surface area contributed by atoms with Crippen LogP contribution in [0.25, 0.3) is 0 Å². The Morgan fingerprint density at radius 3 is 2.63 bits per heavy atom. The minimum atomic E-state index is -0.899. The molecule has 0 aliphatic carbocycles. The van der Waals surface area contributed by atoms with Gasteiger partial charge < -0.3 is 19.1 Å². The van der Waals surface area contributed by atoms with Crippen LogP contribution in [0, 0.1) is 5.95 Å². The van der Waals surface area contributed by atoms with E-state index in [1.54, 1.807) is 25.4 Å². The molecule has 2 aromatic heterocycles. The van der Waals surface area contributed by atoms with Crippen LogP contribution in [0.3, 0.4) is 0 Å². The number of anilines is 1. The molecule has 3 rings (SSSR count). The summed E-state index contributed by atoms with van der Waals surface area (Å²) in [4.78, 5) is 21.4. The third-order valence-electron chi connectivity index (χ3n) is 4.28. The number of piperidine rings is 1. The predicted octanol–water partition coefficient (Wildman–Crippen LogP) is 3.11. The zero-order valence-electron chi connectivity index (χ0n) is 14.9. The Balaban J connectivity index is 1.63. The minimum absolute atomic E-state index is 0.00871. The lowest BCUT2D eigenvalue weighted by atomic mass is 10.1. The molecule has 0 N–H and O–H groups in total. The fourth-order valence-electron chi connectivity index (χ4n) is 2.87. The highest BCUT2D eigenvalue weighted by Gasteiger charge is 2.25. The van der Waals surface area contributed by atoms with Gasteiger partial charge in [-0.25, -0.2) is 14.8 Å². The van der Waals surface area contributed by atoms with Crippen molar-refractivity contribution in [1.29, 1.82) is 0 Å². The molecule has 0 saturated carbocycles. The smallest absolute Gasteiger partial charge is 0.342 e. The minimum Gasteiger partial charge on any atom is -0.489 e. The number of pyridine rings is 2. The van der Waals surface area contributed by atoms with Gasteiger partial charge in [-0.05, 0) is 12.1 Å². The van der Waals surface area contributed by atoms with Gasteiger partial charge in [0, 0.05) is 32.0 Å². The highest BCUT2D eigenvalue weighted by Crippen LogP contribution is 2.29. The second-order valence-electron chi connectivity index (χ2n) is 5.96. The third-order valence-corrected chi connectivity index (χ3v) is 4.56. The average Bonchev–Trinajstić information content (AvgIpc) is 2.70. The van der Waals surface area contributed by atoms with E-state index in [4.69, 9.17) is 21.1 Å². The average molecular weight is 396 g/mol. The highest BCUT2D eigenvalue weighted by molar-refractivity contribution is 6.33. The van der Waals surface area contributed by atoms with Crippen molar-refractivity contribution in [2.45, 2.75) is 18.9 Å². The van der Waals surface area contributed by atoms with Gasteiger partial charge in [-0.3, -0.25) is 0 Å². The van der Waals surface area contributed by atoms with E-state index in [2.05, 4.69) is 14.7 Å². The number of aromatic nitrogens is 2. The summed E-state index contributed by atoms with van der Waals surface area (Å²) in [6, 6.07) is 4.79. The van der Waals surface area contributed by atoms with Crippen molar-refractivity contribution < 1.29 is 23.4 Å². The number of nitrogens with zero attached hydrogens (tertiary/aromatic N) is 3. The standard InChI is InChI=1S/C18H19ClFN3O4/c1-25-15-4-3-12(10-21-15)27-11-5-7-23(8-6-11)17-14(19)9-13(16(20)22-17)18(24)26-2/h3-4,9-11H,5-8H2,1-2H3. The van der Waals surface area contributed by atoms with Gasteiger partial charge in [0.25, 0.3) is 0 Å². The maximum Gasteiger partial charge on any atom is 0.342 e. The fourth-order valence-corrected chi connectivity index (χ4v) is 3.14. The van der Waals surface area contributed by atoms with Crippen molar-refractivity contribution >= 4 is 23.4 Å². The van der Waals surface area contributed by atoms with Crippen LogP contribution >= 0.6 is 11.6 Å². The normalized spacial score (nSPS) is 14.7. The molecule has 0 spiro atoms. The lowest BCUT2D eigenvalue weighted by Crippen LogP contribution is -2.39. The number of hydrogen-bond acceptors (Lipinski definition) is 7. The zero-order valence-corrected chi connectivity index (χ0v) is 15.7. The van der Waals surface area contributed by atoms with E-state index in [0.717, 1.165) is 0 Å². The zero-order chi connectivity index (χ0) is 19.4. The fraction of sp³-hybridized carbons (Fsp3) is 0.389. The molecular formula is C18H19ClFN3O4. The molecule has 27 heavy (non-hydrogen) atoms. The van der Waals surface area contributed by atoms with E-state index in [1.165, 1.54) is 13.2 Å². The van der Waals surface area contributed by atoms with E-state index >= 15 is 0 Å². The lowest BCUT2D eigenvalue weighted by Gasteiger charge is -2.33. The largest absolute Gasteiger partial charge is 0.489 e. The summed E-state index contributed by atoms with van der Waals surface area (Å²) < 4.78 is 29.6. The molecule has 0 amide bonds. The van der Waals surface area contributed by atoms with Crippen molar-refractivity contribution in [3.63, 3.8) is 0 Å². The Morgan fingerprint density at radius 1 is 1.30 bits per heavy atom. The first-order valence-electron chi connectivity index (χ1n) is 8.37. The molecule has 1 fully saturated rings. The summed E-state index contributed by atoms with van der Waals surface area (Å²) in [5.74, 6) is -0.210. The van der Waals surface area contributed by atoms with Crippen LogP contribution < -0.4 is 14.4 Å². The lowest BCUT2D eigenvalue weighted by molar-refractivity contribution is 0.0594. The Hall–Kier alpha value is -2.61. The molecule has 9 heteroatoms. The SMILES string of the molecule is COC(=O)c1cc(Cl)c(N2CCC(Oc3ccc(OC)nc3)CC2)nc1F. The van der Waals surface area contributed by atoms with Gasteiger partial charge in [0.2, 0.25) is 11.8 Å². The Labute approximate surface area is 161 Å². The molecule has 7 nitrogen and oxygen atoms in total. The maximum atomic E-state index is 14.1. The summed E-state index contributed by atoms with van der Waals surface area (Å²) in [5.41, 5.74) is -0.281. The first kappa shape index (κ1) is 19.2. The number of methoxy groups -OCH3 is 2. The summed E-state index contributed by atoms with van der Waals surface area (Å²) in [5, 5.41) is 0.204. The monoisotopic (exact) mass is 395 g/mol. The van der Waals surface area contributed by atoms with Crippen LogP contribution in [0.2, 0.25) is 5.02 Å². The van der Waals surface area contributed by atoms with Gasteiger partial charge in [0.05, 0.1) is 25.4 Å². The Morgan fingerprint density at radius 2 is 2.04 bits per heavy atom. The van der Waals surface area contributed by atoms with Gasteiger partial charge in [-0.2, -0.15) is 4.39 Å². The Kier molecular flexibility index (Phi) is 5.95. The van der Waals surface area contributed by atoms with Gasteiger partial charge in [-0.1, -0.05) is 11.6 Å². The van der Waals surface area contributed by atoms with Crippen LogP contribution in [-0.4, -0.2) is 49.4 Å². The van der Waals surface area contributed by atoms with E-state index in [1.807, 2.05) is 4.90 Å². The van der Waals surface area contributed by atoms with E-state index in [-0.39, 0.29) is 16.7 Å². The number of esters is 1.